The van der Waals surface area contributed by atoms with Crippen LogP contribution in [-0.4, -0.2) is 30.9 Å². The molecule has 0 radical (unpaired) electrons. The highest BCUT2D eigenvalue weighted by molar-refractivity contribution is 7.92. The molecule has 0 aliphatic heterocycles. The predicted molar refractivity (Wildman–Crippen MR) is 89.8 cm³/mol. The quantitative estimate of drug-likeness (QED) is 0.775. The van der Waals surface area contributed by atoms with E-state index in [1.54, 1.807) is 24.3 Å². The number of benzene rings is 2. The Hall–Kier alpha value is -2.88. The van der Waals surface area contributed by atoms with Crippen molar-refractivity contribution in [3.05, 3.63) is 59.7 Å². The maximum Gasteiger partial charge on any atom is 0.501 e. The molecular formula is C17H14F3NO5S. The summed E-state index contributed by atoms with van der Waals surface area (Å²) in [5, 5.41) is 11.2. The van der Waals surface area contributed by atoms with Crippen LogP contribution < -0.4 is 5.32 Å². The van der Waals surface area contributed by atoms with Gasteiger partial charge in [-0.3, -0.25) is 9.59 Å². The summed E-state index contributed by atoms with van der Waals surface area (Å²) < 4.78 is 60.8. The van der Waals surface area contributed by atoms with Crippen LogP contribution in [0.15, 0.2) is 53.4 Å². The van der Waals surface area contributed by atoms with Crippen LogP contribution >= 0.6 is 0 Å². The van der Waals surface area contributed by atoms with E-state index in [2.05, 4.69) is 5.32 Å². The number of hydrogen-bond acceptors (Lipinski definition) is 4. The van der Waals surface area contributed by atoms with Crippen molar-refractivity contribution in [2.75, 3.05) is 5.32 Å². The maximum atomic E-state index is 12.6. The summed E-state index contributed by atoms with van der Waals surface area (Å²) in [5.74, 6) is -1.71. The zero-order valence-electron chi connectivity index (χ0n) is 13.7. The Kier molecular flexibility index (Phi) is 5.89. The number of carboxylic acid groups (broad SMARTS) is 1. The molecule has 6 nitrogen and oxygen atoms in total. The Labute approximate surface area is 152 Å². The predicted octanol–water partition coefficient (Wildman–Crippen LogP) is 2.79. The molecule has 10 heteroatoms. The van der Waals surface area contributed by atoms with E-state index in [-0.39, 0.29) is 18.5 Å². The number of sulfone groups is 1. The van der Waals surface area contributed by atoms with Crippen LogP contribution in [0, 0.1) is 0 Å². The van der Waals surface area contributed by atoms with E-state index in [1.165, 1.54) is 6.07 Å². The Morgan fingerprint density at radius 2 is 1.56 bits per heavy atom. The third-order valence-corrected chi connectivity index (χ3v) is 5.03. The highest BCUT2D eigenvalue weighted by Gasteiger charge is 2.46. The van der Waals surface area contributed by atoms with Gasteiger partial charge >= 0.3 is 11.5 Å². The Morgan fingerprint density at radius 1 is 0.963 bits per heavy atom. The van der Waals surface area contributed by atoms with Crippen LogP contribution in [0.1, 0.15) is 11.1 Å². The third-order valence-electron chi connectivity index (χ3n) is 3.54. The first-order chi connectivity index (χ1) is 12.5. The van der Waals surface area contributed by atoms with Gasteiger partial charge < -0.3 is 10.4 Å². The molecule has 2 rings (SSSR count). The highest BCUT2D eigenvalue weighted by atomic mass is 32.2. The number of hydrogen-bond donors (Lipinski definition) is 2. The number of amides is 1. The average Bonchev–Trinajstić information content (AvgIpc) is 2.55. The lowest BCUT2D eigenvalue weighted by Crippen LogP contribution is -2.23. The number of halogens is 3. The molecule has 144 valence electrons. The summed E-state index contributed by atoms with van der Waals surface area (Å²) >= 11 is 0. The van der Waals surface area contributed by atoms with Crippen LogP contribution in [0.3, 0.4) is 0 Å². The van der Waals surface area contributed by atoms with E-state index in [0.29, 0.717) is 17.2 Å². The number of carboxylic acids is 1. The third kappa shape index (κ3) is 5.07. The number of aliphatic carboxylic acids is 1. The number of alkyl halides is 3. The van der Waals surface area contributed by atoms with Crippen molar-refractivity contribution in [3.8, 4) is 0 Å². The summed E-state index contributed by atoms with van der Waals surface area (Å²) in [5.41, 5.74) is -4.71. The zero-order valence-corrected chi connectivity index (χ0v) is 14.5. The van der Waals surface area contributed by atoms with Gasteiger partial charge in [-0.1, -0.05) is 30.3 Å². The van der Waals surface area contributed by atoms with Gasteiger partial charge in [0, 0.05) is 5.69 Å². The van der Waals surface area contributed by atoms with Gasteiger partial charge in [0.15, 0.2) is 0 Å². The highest BCUT2D eigenvalue weighted by Crippen LogP contribution is 2.31. The van der Waals surface area contributed by atoms with Gasteiger partial charge in [0.1, 0.15) is 0 Å². The summed E-state index contributed by atoms with van der Waals surface area (Å²) in [6, 6.07) is 10.2. The fourth-order valence-electron chi connectivity index (χ4n) is 2.32. The zero-order chi connectivity index (χ0) is 20.2. The second-order valence-electron chi connectivity index (χ2n) is 5.54. The Balaban J connectivity index is 2.19. The first kappa shape index (κ1) is 20.4. The van der Waals surface area contributed by atoms with Crippen LogP contribution in [0.25, 0.3) is 0 Å². The van der Waals surface area contributed by atoms with Crippen molar-refractivity contribution < 1.29 is 36.3 Å². The first-order valence-electron chi connectivity index (χ1n) is 7.50. The van der Waals surface area contributed by atoms with Gasteiger partial charge in [0.05, 0.1) is 17.7 Å². The Morgan fingerprint density at radius 3 is 2.11 bits per heavy atom. The largest absolute Gasteiger partial charge is 0.501 e. The van der Waals surface area contributed by atoms with Crippen molar-refractivity contribution in [2.24, 2.45) is 0 Å². The molecule has 0 aromatic heterocycles. The molecule has 0 atom stereocenters. The summed E-state index contributed by atoms with van der Waals surface area (Å²) in [6.45, 7) is 0. The molecule has 0 saturated carbocycles. The summed E-state index contributed by atoms with van der Waals surface area (Å²) in [4.78, 5) is 22.0. The van der Waals surface area contributed by atoms with Crippen molar-refractivity contribution in [1.82, 2.24) is 0 Å². The maximum absolute atomic E-state index is 12.6. The van der Waals surface area contributed by atoms with Crippen LogP contribution in [-0.2, 0) is 32.3 Å². The minimum absolute atomic E-state index is 0.124. The normalized spacial score (nSPS) is 11.8. The van der Waals surface area contributed by atoms with Crippen molar-refractivity contribution >= 4 is 27.4 Å². The smallest absolute Gasteiger partial charge is 0.481 e. The molecule has 0 aliphatic rings. The number of rotatable bonds is 6. The van der Waals surface area contributed by atoms with E-state index in [9.17, 15) is 31.2 Å². The second kappa shape index (κ2) is 7.78. The lowest BCUT2D eigenvalue weighted by Gasteiger charge is -2.11. The molecular weight excluding hydrogens is 387 g/mol. The van der Waals surface area contributed by atoms with Gasteiger partial charge in [-0.05, 0) is 29.3 Å². The number of anilines is 1. The second-order valence-corrected chi connectivity index (χ2v) is 7.48. The Bertz CT molecular complexity index is 971. The SMILES string of the molecule is O=C(O)Cc1ccccc1CC(=O)Nc1cccc(S(=O)(=O)C(F)(F)F)c1. The van der Waals surface area contributed by atoms with E-state index >= 15 is 0 Å². The van der Waals surface area contributed by atoms with Gasteiger partial charge in [-0.15, -0.1) is 0 Å². The first-order valence-corrected chi connectivity index (χ1v) is 8.99. The molecule has 0 saturated heterocycles. The fraction of sp³-hybridized carbons (Fsp3) is 0.176. The fourth-order valence-corrected chi connectivity index (χ4v) is 3.13. The molecule has 1 amide bonds. The topological polar surface area (TPSA) is 101 Å². The summed E-state index contributed by atoms with van der Waals surface area (Å²) in [7, 11) is -5.53. The molecule has 27 heavy (non-hydrogen) atoms. The molecule has 2 aromatic carbocycles. The number of nitrogens with one attached hydrogen (secondary N) is 1. The van der Waals surface area contributed by atoms with E-state index < -0.39 is 32.1 Å². The molecule has 0 fully saturated rings. The van der Waals surface area contributed by atoms with Crippen LogP contribution in [0.5, 0.6) is 0 Å². The van der Waals surface area contributed by atoms with Crippen molar-refractivity contribution in [2.45, 2.75) is 23.2 Å². The lowest BCUT2D eigenvalue weighted by molar-refractivity contribution is -0.136. The number of carbonyl (C=O) groups is 2. The molecule has 0 bridgehead atoms. The number of carbonyl (C=O) groups excluding carboxylic acids is 1. The molecule has 2 N–H and O–H groups in total. The van der Waals surface area contributed by atoms with Crippen molar-refractivity contribution in [1.29, 1.82) is 0 Å². The minimum atomic E-state index is -5.53. The molecule has 2 aromatic rings. The van der Waals surface area contributed by atoms with Gasteiger partial charge in [0.2, 0.25) is 5.91 Å². The van der Waals surface area contributed by atoms with Crippen molar-refractivity contribution in [3.63, 3.8) is 0 Å². The van der Waals surface area contributed by atoms with E-state index in [0.717, 1.165) is 12.1 Å². The molecule has 0 heterocycles. The molecule has 0 unspecified atom stereocenters. The van der Waals surface area contributed by atoms with Crippen LogP contribution in [0.2, 0.25) is 0 Å². The van der Waals surface area contributed by atoms with Crippen LogP contribution in [0.4, 0.5) is 18.9 Å². The monoisotopic (exact) mass is 401 g/mol. The molecule has 0 aliphatic carbocycles. The van der Waals surface area contributed by atoms with E-state index in [1.807, 2.05) is 0 Å². The minimum Gasteiger partial charge on any atom is -0.481 e. The van der Waals surface area contributed by atoms with Gasteiger partial charge in [-0.25, -0.2) is 8.42 Å². The van der Waals surface area contributed by atoms with Gasteiger partial charge in [0.25, 0.3) is 9.84 Å². The van der Waals surface area contributed by atoms with Gasteiger partial charge in [-0.2, -0.15) is 13.2 Å². The summed E-state index contributed by atoms with van der Waals surface area (Å²) in [6.07, 6.45) is -0.511. The van der Waals surface area contributed by atoms with E-state index in [4.69, 9.17) is 5.11 Å². The average molecular weight is 401 g/mol. The lowest BCUT2D eigenvalue weighted by atomic mass is 10.0. The molecule has 0 spiro atoms. The standard InChI is InChI=1S/C17H14F3NO5S/c18-17(19,20)27(25,26)14-7-3-6-13(10-14)21-15(22)8-11-4-1-2-5-12(11)9-16(23)24/h1-7,10H,8-9H2,(H,21,22)(H,23,24).